The predicted octanol–water partition coefficient (Wildman–Crippen LogP) is 3.34. The monoisotopic (exact) mass is 413 g/mol. The van der Waals surface area contributed by atoms with Crippen LogP contribution >= 0.6 is 11.3 Å². The summed E-state index contributed by atoms with van der Waals surface area (Å²) in [7, 11) is 0. The van der Waals surface area contributed by atoms with E-state index in [-0.39, 0.29) is 12.4 Å². The van der Waals surface area contributed by atoms with Crippen LogP contribution in [-0.4, -0.2) is 40.2 Å². The summed E-state index contributed by atoms with van der Waals surface area (Å²) in [6, 6.07) is 7.78. The average Bonchev–Trinajstić information content (AvgIpc) is 3.36. The van der Waals surface area contributed by atoms with Crippen LogP contribution in [0.25, 0.3) is 0 Å². The number of ether oxygens (including phenoxy) is 2. The first kappa shape index (κ1) is 20.5. The molecule has 0 bridgehead atoms. The lowest BCUT2D eigenvalue weighted by Gasteiger charge is -2.11. The molecule has 0 atom stereocenters. The summed E-state index contributed by atoms with van der Waals surface area (Å²) in [5.74, 6) is 0.545. The molecule has 9 heteroatoms. The maximum atomic E-state index is 11.5. The molecule has 8 nitrogen and oxygen atoms in total. The molecular weight excluding hydrogens is 390 g/mol. The third-order valence-corrected chi connectivity index (χ3v) is 4.63. The van der Waals surface area contributed by atoms with Gasteiger partial charge in [-0.25, -0.2) is 4.98 Å². The summed E-state index contributed by atoms with van der Waals surface area (Å²) in [6.45, 7) is 5.31. The fourth-order valence-electron chi connectivity index (χ4n) is 2.63. The van der Waals surface area contributed by atoms with Gasteiger partial charge in [-0.1, -0.05) is 0 Å². The minimum Gasteiger partial charge on any atom is -0.494 e. The standard InChI is InChI=1S/C20H23N5O3S/c1-3-27-18-7-6-15(10-16(18)13-25-9-5-8-22-25)12-21-24-20-23-17(14-29-20)11-19(26)28-4-2/h5-10,12,14H,3-4,11,13H2,1-2H3,(H,23,24). The fourth-order valence-corrected chi connectivity index (χ4v) is 3.29. The Balaban J connectivity index is 1.64. The predicted molar refractivity (Wildman–Crippen MR) is 113 cm³/mol. The Morgan fingerprint density at radius 2 is 2.24 bits per heavy atom. The number of esters is 1. The molecule has 2 aromatic heterocycles. The van der Waals surface area contributed by atoms with Crippen LogP contribution in [0.1, 0.15) is 30.7 Å². The van der Waals surface area contributed by atoms with Gasteiger partial charge in [-0.2, -0.15) is 10.2 Å². The summed E-state index contributed by atoms with van der Waals surface area (Å²) >= 11 is 1.38. The van der Waals surface area contributed by atoms with Crippen LogP contribution in [0.15, 0.2) is 47.1 Å². The maximum Gasteiger partial charge on any atom is 0.311 e. The van der Waals surface area contributed by atoms with Crippen molar-refractivity contribution in [2.45, 2.75) is 26.8 Å². The van der Waals surface area contributed by atoms with Crippen LogP contribution in [0, 0.1) is 0 Å². The number of nitrogens with zero attached hydrogens (tertiary/aromatic N) is 4. The zero-order valence-corrected chi connectivity index (χ0v) is 17.2. The second-order valence-electron chi connectivity index (χ2n) is 6.00. The smallest absolute Gasteiger partial charge is 0.311 e. The van der Waals surface area contributed by atoms with Gasteiger partial charge in [0.1, 0.15) is 5.75 Å². The van der Waals surface area contributed by atoms with Crippen LogP contribution in [0.4, 0.5) is 5.13 Å². The Kier molecular flexibility index (Phi) is 7.34. The molecule has 0 aliphatic heterocycles. The van der Waals surface area contributed by atoms with E-state index in [1.807, 2.05) is 47.4 Å². The van der Waals surface area contributed by atoms with Gasteiger partial charge >= 0.3 is 5.97 Å². The van der Waals surface area contributed by atoms with Crippen LogP contribution in [-0.2, 0) is 22.5 Å². The van der Waals surface area contributed by atoms with Crippen molar-refractivity contribution in [3.05, 3.63) is 58.9 Å². The van der Waals surface area contributed by atoms with Crippen molar-refractivity contribution in [2.75, 3.05) is 18.6 Å². The van der Waals surface area contributed by atoms with E-state index in [9.17, 15) is 4.79 Å². The van der Waals surface area contributed by atoms with Crippen molar-refractivity contribution in [1.29, 1.82) is 0 Å². The lowest BCUT2D eigenvalue weighted by atomic mass is 10.1. The normalized spacial score (nSPS) is 11.0. The van der Waals surface area contributed by atoms with Gasteiger partial charge in [0, 0.05) is 23.3 Å². The van der Waals surface area contributed by atoms with E-state index in [1.54, 1.807) is 19.3 Å². The Hall–Kier alpha value is -3.20. The zero-order chi connectivity index (χ0) is 20.5. The SMILES string of the molecule is CCOC(=O)Cc1csc(NN=Cc2ccc(OCC)c(Cn3cccn3)c2)n1. The van der Waals surface area contributed by atoms with Crippen LogP contribution in [0.2, 0.25) is 0 Å². The van der Waals surface area contributed by atoms with Crippen LogP contribution < -0.4 is 10.2 Å². The molecule has 2 heterocycles. The Bertz CT molecular complexity index is 953. The molecule has 1 N–H and O–H groups in total. The lowest BCUT2D eigenvalue weighted by molar-refractivity contribution is -0.142. The number of carbonyl (C=O) groups excluding carboxylic acids is 1. The molecule has 0 spiro atoms. The van der Waals surface area contributed by atoms with Gasteiger partial charge in [0.2, 0.25) is 5.13 Å². The highest BCUT2D eigenvalue weighted by molar-refractivity contribution is 7.13. The first-order chi connectivity index (χ1) is 14.2. The number of nitrogens with one attached hydrogen (secondary N) is 1. The number of thiazole rings is 1. The second-order valence-corrected chi connectivity index (χ2v) is 6.86. The van der Waals surface area contributed by atoms with Crippen molar-refractivity contribution in [2.24, 2.45) is 5.10 Å². The lowest BCUT2D eigenvalue weighted by Crippen LogP contribution is -2.07. The number of hydrogen-bond donors (Lipinski definition) is 1. The minimum absolute atomic E-state index is 0.158. The van der Waals surface area contributed by atoms with Crippen LogP contribution in [0.3, 0.4) is 0 Å². The number of hydrazone groups is 1. The molecule has 0 saturated heterocycles. The van der Waals surface area contributed by atoms with E-state index in [0.29, 0.717) is 30.6 Å². The third kappa shape index (κ3) is 6.15. The Morgan fingerprint density at radius 1 is 1.34 bits per heavy atom. The highest BCUT2D eigenvalue weighted by atomic mass is 32.1. The number of hydrogen-bond acceptors (Lipinski definition) is 8. The molecule has 0 amide bonds. The molecule has 0 aliphatic rings. The first-order valence-corrected chi connectivity index (χ1v) is 10.2. The van der Waals surface area contributed by atoms with Crippen molar-refractivity contribution >= 4 is 28.7 Å². The Labute approximate surface area is 173 Å². The molecule has 0 aliphatic carbocycles. The fraction of sp³-hybridized carbons (Fsp3) is 0.300. The second kappa shape index (κ2) is 10.4. The van der Waals surface area contributed by atoms with Gasteiger partial charge < -0.3 is 9.47 Å². The van der Waals surface area contributed by atoms with Crippen molar-refractivity contribution in [3.63, 3.8) is 0 Å². The topological polar surface area (TPSA) is 90.6 Å². The molecule has 0 radical (unpaired) electrons. The molecule has 0 saturated carbocycles. The average molecular weight is 414 g/mol. The van der Waals surface area contributed by atoms with Crippen molar-refractivity contribution in [1.82, 2.24) is 14.8 Å². The van der Waals surface area contributed by atoms with Gasteiger partial charge in [0.25, 0.3) is 0 Å². The molecule has 1 aromatic carbocycles. The highest BCUT2D eigenvalue weighted by Gasteiger charge is 2.08. The van der Waals surface area contributed by atoms with Gasteiger partial charge in [0.05, 0.1) is 38.1 Å². The van der Waals surface area contributed by atoms with E-state index in [2.05, 4.69) is 20.6 Å². The van der Waals surface area contributed by atoms with E-state index < -0.39 is 0 Å². The minimum atomic E-state index is -0.285. The third-order valence-electron chi connectivity index (χ3n) is 3.83. The van der Waals surface area contributed by atoms with E-state index in [0.717, 1.165) is 16.9 Å². The van der Waals surface area contributed by atoms with Crippen LogP contribution in [0.5, 0.6) is 5.75 Å². The maximum absolute atomic E-state index is 11.5. The van der Waals surface area contributed by atoms with Gasteiger partial charge in [-0.3, -0.25) is 14.9 Å². The summed E-state index contributed by atoms with van der Waals surface area (Å²) in [5.41, 5.74) is 5.50. The summed E-state index contributed by atoms with van der Waals surface area (Å²) < 4.78 is 12.5. The van der Waals surface area contributed by atoms with Gasteiger partial charge in [-0.15, -0.1) is 11.3 Å². The first-order valence-electron chi connectivity index (χ1n) is 9.30. The number of benzene rings is 1. The zero-order valence-electron chi connectivity index (χ0n) is 16.4. The highest BCUT2D eigenvalue weighted by Crippen LogP contribution is 2.21. The molecule has 0 unspecified atom stereocenters. The molecule has 3 rings (SSSR count). The number of carbonyl (C=O) groups is 1. The summed E-state index contributed by atoms with van der Waals surface area (Å²) in [4.78, 5) is 15.8. The van der Waals surface area contributed by atoms with Gasteiger partial charge in [0.15, 0.2) is 0 Å². The number of anilines is 1. The number of rotatable bonds is 10. The Morgan fingerprint density at radius 3 is 3.00 bits per heavy atom. The van der Waals surface area contributed by atoms with E-state index in [1.165, 1.54) is 11.3 Å². The number of aromatic nitrogens is 3. The van der Waals surface area contributed by atoms with Gasteiger partial charge in [-0.05, 0) is 43.7 Å². The van der Waals surface area contributed by atoms with Crippen molar-refractivity contribution < 1.29 is 14.3 Å². The summed E-state index contributed by atoms with van der Waals surface area (Å²) in [6.07, 6.45) is 5.54. The molecule has 152 valence electrons. The molecule has 29 heavy (non-hydrogen) atoms. The molecule has 3 aromatic rings. The van der Waals surface area contributed by atoms with Crippen molar-refractivity contribution in [3.8, 4) is 5.75 Å². The molecular formula is C20H23N5O3S. The van der Waals surface area contributed by atoms with E-state index >= 15 is 0 Å². The quantitative estimate of drug-likeness (QED) is 0.311. The largest absolute Gasteiger partial charge is 0.494 e. The summed E-state index contributed by atoms with van der Waals surface area (Å²) in [5, 5.41) is 10.9. The van der Waals surface area contributed by atoms with E-state index in [4.69, 9.17) is 9.47 Å². The molecule has 0 fully saturated rings.